The Morgan fingerprint density at radius 2 is 1.87 bits per heavy atom. The summed E-state index contributed by atoms with van der Waals surface area (Å²) in [7, 11) is 0. The molecule has 0 spiro atoms. The molecule has 2 rings (SSSR count). The second kappa shape index (κ2) is 7.69. The summed E-state index contributed by atoms with van der Waals surface area (Å²) in [4.78, 5) is 24.3. The lowest BCUT2D eigenvalue weighted by Crippen LogP contribution is -2.04. The molecule has 0 saturated carbocycles. The van der Waals surface area contributed by atoms with Crippen LogP contribution in [0.2, 0.25) is 0 Å². The van der Waals surface area contributed by atoms with Crippen molar-refractivity contribution >= 4 is 29.4 Å². The summed E-state index contributed by atoms with van der Waals surface area (Å²) in [5.74, 6) is -1.27. The Bertz CT molecular complexity index is 713. The highest BCUT2D eigenvalue weighted by Crippen LogP contribution is 2.32. The second-order valence-corrected chi connectivity index (χ2v) is 5.90. The van der Waals surface area contributed by atoms with E-state index >= 15 is 0 Å². The normalized spacial score (nSPS) is 10.3. The SMILES string of the molecule is CCOC(=O)c1ccc(Sc2ccc(N)cc2CC(=O)O)cc1. The minimum atomic E-state index is -0.907. The number of carboxylic acids is 1. The zero-order valence-corrected chi connectivity index (χ0v) is 13.4. The molecule has 0 aliphatic heterocycles. The molecule has 0 atom stereocenters. The van der Waals surface area contributed by atoms with Gasteiger partial charge in [0.05, 0.1) is 18.6 Å². The van der Waals surface area contributed by atoms with Gasteiger partial charge in [-0.1, -0.05) is 11.8 Å². The van der Waals surface area contributed by atoms with Crippen molar-refractivity contribution in [2.45, 2.75) is 23.1 Å². The molecule has 6 heteroatoms. The minimum Gasteiger partial charge on any atom is -0.481 e. The summed E-state index contributed by atoms with van der Waals surface area (Å²) in [5, 5.41) is 8.99. The fourth-order valence-electron chi connectivity index (χ4n) is 2.00. The van der Waals surface area contributed by atoms with Crippen molar-refractivity contribution in [2.24, 2.45) is 0 Å². The number of aliphatic carboxylic acids is 1. The van der Waals surface area contributed by atoms with Crippen molar-refractivity contribution in [2.75, 3.05) is 12.3 Å². The summed E-state index contributed by atoms with van der Waals surface area (Å²) in [6.45, 7) is 2.09. The molecule has 0 fully saturated rings. The second-order valence-electron chi connectivity index (χ2n) is 4.78. The highest BCUT2D eigenvalue weighted by molar-refractivity contribution is 7.99. The lowest BCUT2D eigenvalue weighted by atomic mass is 10.1. The van der Waals surface area contributed by atoms with Gasteiger partial charge in [0.1, 0.15) is 0 Å². The number of ether oxygens (including phenoxy) is 1. The summed E-state index contributed by atoms with van der Waals surface area (Å²) in [6, 6.07) is 12.2. The maximum atomic E-state index is 11.6. The first-order valence-electron chi connectivity index (χ1n) is 7.05. The van der Waals surface area contributed by atoms with Gasteiger partial charge in [0, 0.05) is 15.5 Å². The van der Waals surface area contributed by atoms with Gasteiger partial charge in [-0.05, 0) is 55.0 Å². The quantitative estimate of drug-likeness (QED) is 0.624. The van der Waals surface area contributed by atoms with Crippen LogP contribution in [-0.4, -0.2) is 23.7 Å². The minimum absolute atomic E-state index is 0.0890. The fraction of sp³-hybridized carbons (Fsp3) is 0.176. The summed E-state index contributed by atoms with van der Waals surface area (Å²) >= 11 is 1.43. The standard InChI is InChI=1S/C17H17NO4S/c1-2-22-17(21)11-3-6-14(7-4-11)23-15-8-5-13(18)9-12(15)10-16(19)20/h3-9H,2,10,18H2,1H3,(H,19,20). The third kappa shape index (κ3) is 4.75. The van der Waals surface area contributed by atoms with Crippen LogP contribution in [-0.2, 0) is 16.0 Å². The van der Waals surface area contributed by atoms with Crippen LogP contribution in [0.1, 0.15) is 22.8 Å². The van der Waals surface area contributed by atoms with Crippen molar-refractivity contribution in [3.05, 3.63) is 53.6 Å². The van der Waals surface area contributed by atoms with Crippen LogP contribution in [0.3, 0.4) is 0 Å². The van der Waals surface area contributed by atoms with E-state index in [9.17, 15) is 9.59 Å². The van der Waals surface area contributed by atoms with Crippen LogP contribution < -0.4 is 5.73 Å². The van der Waals surface area contributed by atoms with Crippen molar-refractivity contribution < 1.29 is 19.4 Å². The van der Waals surface area contributed by atoms with Crippen LogP contribution in [0.4, 0.5) is 5.69 Å². The number of nitrogen functional groups attached to an aromatic ring is 1. The lowest BCUT2D eigenvalue weighted by molar-refractivity contribution is -0.136. The third-order valence-corrected chi connectivity index (χ3v) is 4.15. The fourth-order valence-corrected chi connectivity index (χ4v) is 2.92. The van der Waals surface area contributed by atoms with E-state index in [0.29, 0.717) is 23.4 Å². The smallest absolute Gasteiger partial charge is 0.338 e. The highest BCUT2D eigenvalue weighted by Gasteiger charge is 2.10. The van der Waals surface area contributed by atoms with Crippen molar-refractivity contribution in [1.29, 1.82) is 0 Å². The van der Waals surface area contributed by atoms with Crippen LogP contribution in [0.5, 0.6) is 0 Å². The van der Waals surface area contributed by atoms with Crippen molar-refractivity contribution in [1.82, 2.24) is 0 Å². The first kappa shape index (κ1) is 16.9. The number of anilines is 1. The van der Waals surface area contributed by atoms with Gasteiger partial charge in [0.15, 0.2) is 0 Å². The van der Waals surface area contributed by atoms with Crippen LogP contribution in [0, 0.1) is 0 Å². The van der Waals surface area contributed by atoms with Gasteiger partial charge in [-0.15, -0.1) is 0 Å². The Kier molecular flexibility index (Phi) is 5.65. The number of benzene rings is 2. The molecule has 0 bridgehead atoms. The van der Waals surface area contributed by atoms with E-state index in [4.69, 9.17) is 15.6 Å². The van der Waals surface area contributed by atoms with Gasteiger partial charge in [-0.25, -0.2) is 4.79 Å². The average Bonchev–Trinajstić information content (AvgIpc) is 2.50. The van der Waals surface area contributed by atoms with Gasteiger partial charge < -0.3 is 15.6 Å². The third-order valence-electron chi connectivity index (χ3n) is 3.02. The molecule has 0 heterocycles. The largest absolute Gasteiger partial charge is 0.481 e. The van der Waals surface area contributed by atoms with Crippen LogP contribution in [0.25, 0.3) is 0 Å². The first-order chi connectivity index (χ1) is 11.0. The van der Waals surface area contributed by atoms with Crippen LogP contribution in [0.15, 0.2) is 52.3 Å². The number of hydrogen-bond donors (Lipinski definition) is 2. The van der Waals surface area contributed by atoms with Gasteiger partial charge in [0.2, 0.25) is 0 Å². The van der Waals surface area contributed by atoms with Crippen LogP contribution >= 0.6 is 11.8 Å². The molecule has 0 aliphatic carbocycles. The molecule has 5 nitrogen and oxygen atoms in total. The van der Waals surface area contributed by atoms with Crippen molar-refractivity contribution in [3.8, 4) is 0 Å². The molecule has 23 heavy (non-hydrogen) atoms. The topological polar surface area (TPSA) is 89.6 Å². The lowest BCUT2D eigenvalue weighted by Gasteiger charge is -2.09. The van der Waals surface area contributed by atoms with E-state index in [1.807, 2.05) is 0 Å². The van der Waals surface area contributed by atoms with E-state index in [-0.39, 0.29) is 12.4 Å². The maximum Gasteiger partial charge on any atom is 0.338 e. The van der Waals surface area contributed by atoms with E-state index in [1.54, 1.807) is 49.4 Å². The predicted octanol–water partition coefficient (Wildman–Crippen LogP) is 3.22. The number of rotatable bonds is 6. The van der Waals surface area contributed by atoms with Gasteiger partial charge in [-0.3, -0.25) is 4.79 Å². The zero-order valence-electron chi connectivity index (χ0n) is 12.6. The Balaban J connectivity index is 2.19. The summed E-state index contributed by atoms with van der Waals surface area (Å²) in [5.41, 5.74) is 7.40. The van der Waals surface area contributed by atoms with Gasteiger partial charge in [-0.2, -0.15) is 0 Å². The Hall–Kier alpha value is -2.47. The predicted molar refractivity (Wildman–Crippen MR) is 88.7 cm³/mol. The molecule has 2 aromatic rings. The Morgan fingerprint density at radius 3 is 2.48 bits per heavy atom. The molecule has 2 aromatic carbocycles. The molecule has 3 N–H and O–H groups in total. The number of carbonyl (C=O) groups excluding carboxylic acids is 1. The molecular weight excluding hydrogens is 314 g/mol. The van der Waals surface area contributed by atoms with E-state index < -0.39 is 5.97 Å². The maximum absolute atomic E-state index is 11.6. The van der Waals surface area contributed by atoms with E-state index in [0.717, 1.165) is 9.79 Å². The summed E-state index contributed by atoms with van der Waals surface area (Å²) < 4.78 is 4.94. The number of carbonyl (C=O) groups is 2. The molecule has 0 aromatic heterocycles. The molecule has 120 valence electrons. The number of carboxylic acid groups (broad SMARTS) is 1. The molecule has 0 saturated heterocycles. The zero-order chi connectivity index (χ0) is 16.8. The first-order valence-corrected chi connectivity index (χ1v) is 7.86. The molecule has 0 amide bonds. The highest BCUT2D eigenvalue weighted by atomic mass is 32.2. The monoisotopic (exact) mass is 331 g/mol. The van der Waals surface area contributed by atoms with E-state index in [1.165, 1.54) is 11.8 Å². The molecule has 0 radical (unpaired) electrons. The van der Waals surface area contributed by atoms with Gasteiger partial charge >= 0.3 is 11.9 Å². The number of hydrogen-bond acceptors (Lipinski definition) is 5. The molecule has 0 aliphatic rings. The molecular formula is C17H17NO4S. The number of nitrogens with two attached hydrogens (primary N) is 1. The number of esters is 1. The molecule has 0 unspecified atom stereocenters. The van der Waals surface area contributed by atoms with E-state index in [2.05, 4.69) is 0 Å². The summed E-state index contributed by atoms with van der Waals surface area (Å²) in [6.07, 6.45) is -0.0890. The van der Waals surface area contributed by atoms with Crippen molar-refractivity contribution in [3.63, 3.8) is 0 Å². The Labute approximate surface area is 138 Å². The average molecular weight is 331 g/mol. The van der Waals surface area contributed by atoms with Gasteiger partial charge in [0.25, 0.3) is 0 Å². The Morgan fingerprint density at radius 1 is 1.17 bits per heavy atom.